The van der Waals surface area contributed by atoms with Crippen molar-refractivity contribution in [2.24, 2.45) is 0 Å². The number of fused-ring (bicyclic) bond motifs is 3. The van der Waals surface area contributed by atoms with Gasteiger partial charge in [-0.25, -0.2) is 0 Å². The fourth-order valence-electron chi connectivity index (χ4n) is 2.24. The van der Waals surface area contributed by atoms with Gasteiger partial charge in [-0.05, 0) is 35.0 Å². The van der Waals surface area contributed by atoms with Gasteiger partial charge in [-0.3, -0.25) is 4.40 Å². The highest BCUT2D eigenvalue weighted by Crippen LogP contribution is 2.26. The molecule has 4 aromatic rings. The second-order valence-electron chi connectivity index (χ2n) is 4.44. The highest BCUT2D eigenvalue weighted by molar-refractivity contribution is 7.98. The van der Waals surface area contributed by atoms with Gasteiger partial charge in [0, 0.05) is 10.6 Å². The van der Waals surface area contributed by atoms with Gasteiger partial charge in [-0.1, -0.05) is 36.0 Å². The molecule has 4 rings (SSSR count). The third-order valence-electron chi connectivity index (χ3n) is 3.17. The Kier molecular flexibility index (Phi) is 2.94. The first-order valence-electron chi connectivity index (χ1n) is 6.30. The standard InChI is InChI=1S/C15H11N3S2/c1-2-6-13-11(4-1)7-8-14-16-17-15(18(13)14)20-10-12-5-3-9-19-12/h1-9H,10H2. The monoisotopic (exact) mass is 297 g/mol. The smallest absolute Gasteiger partial charge is 0.196 e. The minimum absolute atomic E-state index is 0.900. The van der Waals surface area contributed by atoms with E-state index in [2.05, 4.69) is 62.4 Å². The summed E-state index contributed by atoms with van der Waals surface area (Å²) < 4.78 is 2.13. The molecule has 3 heterocycles. The summed E-state index contributed by atoms with van der Waals surface area (Å²) >= 11 is 3.50. The van der Waals surface area contributed by atoms with Gasteiger partial charge in [0.15, 0.2) is 10.8 Å². The molecular weight excluding hydrogens is 286 g/mol. The number of aromatic nitrogens is 3. The van der Waals surface area contributed by atoms with Gasteiger partial charge in [0.05, 0.1) is 5.52 Å². The Labute approximate surface area is 124 Å². The highest BCUT2D eigenvalue weighted by atomic mass is 32.2. The van der Waals surface area contributed by atoms with Gasteiger partial charge in [0.2, 0.25) is 0 Å². The lowest BCUT2D eigenvalue weighted by atomic mass is 10.2. The third kappa shape index (κ3) is 1.99. The van der Waals surface area contributed by atoms with Gasteiger partial charge in [-0.15, -0.1) is 21.5 Å². The first kappa shape index (κ1) is 11.9. The first-order chi connectivity index (χ1) is 9.92. The van der Waals surface area contributed by atoms with E-state index in [1.54, 1.807) is 23.1 Å². The second kappa shape index (κ2) is 4.92. The molecule has 0 amide bonds. The van der Waals surface area contributed by atoms with Crippen LogP contribution in [0, 0.1) is 0 Å². The zero-order valence-corrected chi connectivity index (χ0v) is 12.2. The lowest BCUT2D eigenvalue weighted by Gasteiger charge is -2.03. The highest BCUT2D eigenvalue weighted by Gasteiger charge is 2.09. The van der Waals surface area contributed by atoms with Crippen LogP contribution in [-0.4, -0.2) is 14.6 Å². The molecule has 0 atom stereocenters. The fourth-order valence-corrected chi connectivity index (χ4v) is 3.96. The molecule has 0 radical (unpaired) electrons. The van der Waals surface area contributed by atoms with Crippen molar-refractivity contribution in [2.75, 3.05) is 0 Å². The van der Waals surface area contributed by atoms with E-state index < -0.39 is 0 Å². The van der Waals surface area contributed by atoms with Crippen LogP contribution in [0.2, 0.25) is 0 Å². The summed E-state index contributed by atoms with van der Waals surface area (Å²) in [6, 6.07) is 16.7. The fraction of sp³-hybridized carbons (Fsp3) is 0.0667. The SMILES string of the molecule is c1csc(CSc2nnc3ccc4ccccc4n23)c1. The first-order valence-corrected chi connectivity index (χ1v) is 8.16. The van der Waals surface area contributed by atoms with Gasteiger partial charge in [0.1, 0.15) is 0 Å². The molecule has 0 aliphatic carbocycles. The average Bonchev–Trinajstić information content (AvgIpc) is 3.14. The molecule has 0 unspecified atom stereocenters. The van der Waals surface area contributed by atoms with E-state index >= 15 is 0 Å². The number of hydrogen-bond acceptors (Lipinski definition) is 4. The van der Waals surface area contributed by atoms with Crippen molar-refractivity contribution in [1.82, 2.24) is 14.6 Å². The summed E-state index contributed by atoms with van der Waals surface area (Å²) in [7, 11) is 0. The summed E-state index contributed by atoms with van der Waals surface area (Å²) in [4.78, 5) is 1.35. The molecule has 0 fully saturated rings. The van der Waals surface area contributed by atoms with Gasteiger partial charge in [-0.2, -0.15) is 0 Å². The van der Waals surface area contributed by atoms with Crippen molar-refractivity contribution in [3.8, 4) is 0 Å². The molecule has 3 nitrogen and oxygen atoms in total. The maximum atomic E-state index is 4.33. The molecule has 3 aromatic heterocycles. The Morgan fingerprint density at radius 2 is 1.95 bits per heavy atom. The molecule has 0 saturated carbocycles. The number of hydrogen-bond donors (Lipinski definition) is 0. The topological polar surface area (TPSA) is 30.2 Å². The van der Waals surface area contributed by atoms with Crippen molar-refractivity contribution in [3.63, 3.8) is 0 Å². The Morgan fingerprint density at radius 3 is 2.85 bits per heavy atom. The predicted molar refractivity (Wildman–Crippen MR) is 84.4 cm³/mol. The number of pyridine rings is 1. The van der Waals surface area contributed by atoms with Gasteiger partial charge in [0.25, 0.3) is 0 Å². The molecule has 0 spiro atoms. The number of thioether (sulfide) groups is 1. The zero-order valence-electron chi connectivity index (χ0n) is 10.6. The van der Waals surface area contributed by atoms with Crippen LogP contribution in [-0.2, 0) is 5.75 Å². The molecule has 5 heteroatoms. The van der Waals surface area contributed by atoms with Crippen LogP contribution in [0.25, 0.3) is 16.6 Å². The van der Waals surface area contributed by atoms with E-state index in [9.17, 15) is 0 Å². The number of nitrogens with zero attached hydrogens (tertiary/aromatic N) is 3. The van der Waals surface area contributed by atoms with Crippen LogP contribution in [0.4, 0.5) is 0 Å². The molecule has 98 valence electrons. The van der Waals surface area contributed by atoms with E-state index in [0.29, 0.717) is 0 Å². The average molecular weight is 297 g/mol. The Balaban J connectivity index is 1.81. The van der Waals surface area contributed by atoms with E-state index in [0.717, 1.165) is 22.1 Å². The van der Waals surface area contributed by atoms with Crippen LogP contribution in [0.3, 0.4) is 0 Å². The third-order valence-corrected chi connectivity index (χ3v) is 5.21. The van der Waals surface area contributed by atoms with E-state index in [4.69, 9.17) is 0 Å². The van der Waals surface area contributed by atoms with Crippen LogP contribution in [0.1, 0.15) is 4.88 Å². The van der Waals surface area contributed by atoms with Gasteiger partial charge >= 0.3 is 0 Å². The number of para-hydroxylation sites is 1. The summed E-state index contributed by atoms with van der Waals surface area (Å²) in [5, 5.41) is 12.8. The van der Waals surface area contributed by atoms with Crippen LogP contribution in [0.5, 0.6) is 0 Å². The zero-order chi connectivity index (χ0) is 13.4. The van der Waals surface area contributed by atoms with Crippen LogP contribution >= 0.6 is 23.1 Å². The lowest BCUT2D eigenvalue weighted by Crippen LogP contribution is -1.90. The van der Waals surface area contributed by atoms with E-state index in [1.165, 1.54) is 10.3 Å². The normalized spacial score (nSPS) is 11.4. The molecule has 0 aliphatic rings. The Bertz CT molecular complexity index is 865. The molecule has 0 N–H and O–H groups in total. The Hall–Kier alpha value is -1.85. The maximum Gasteiger partial charge on any atom is 0.196 e. The van der Waals surface area contributed by atoms with E-state index in [-0.39, 0.29) is 0 Å². The molecule has 0 bridgehead atoms. The van der Waals surface area contributed by atoms with Crippen molar-refractivity contribution < 1.29 is 0 Å². The summed E-state index contributed by atoms with van der Waals surface area (Å²) in [6.07, 6.45) is 0. The largest absolute Gasteiger partial charge is 0.270 e. The minimum atomic E-state index is 0.900. The molecule has 1 aromatic carbocycles. The predicted octanol–water partition coefficient (Wildman–Crippen LogP) is 4.24. The molecule has 0 aliphatic heterocycles. The maximum absolute atomic E-state index is 4.33. The van der Waals surface area contributed by atoms with Gasteiger partial charge < -0.3 is 0 Å². The molecular formula is C15H11N3S2. The Morgan fingerprint density at radius 1 is 1.00 bits per heavy atom. The quantitative estimate of drug-likeness (QED) is 0.530. The minimum Gasteiger partial charge on any atom is -0.270 e. The van der Waals surface area contributed by atoms with Crippen molar-refractivity contribution in [1.29, 1.82) is 0 Å². The lowest BCUT2D eigenvalue weighted by molar-refractivity contribution is 0.940. The van der Waals surface area contributed by atoms with Crippen molar-refractivity contribution in [3.05, 3.63) is 58.8 Å². The number of rotatable bonds is 3. The summed E-state index contributed by atoms with van der Waals surface area (Å²) in [5.41, 5.74) is 2.06. The number of benzene rings is 1. The van der Waals surface area contributed by atoms with Crippen LogP contribution in [0.15, 0.2) is 59.1 Å². The summed E-state index contributed by atoms with van der Waals surface area (Å²) in [6.45, 7) is 0. The van der Waals surface area contributed by atoms with Crippen LogP contribution < -0.4 is 0 Å². The molecule has 20 heavy (non-hydrogen) atoms. The summed E-state index contributed by atoms with van der Waals surface area (Å²) in [5.74, 6) is 0.932. The second-order valence-corrected chi connectivity index (χ2v) is 6.41. The number of thiophene rings is 1. The molecule has 0 saturated heterocycles. The van der Waals surface area contributed by atoms with E-state index in [1.807, 2.05) is 6.07 Å². The van der Waals surface area contributed by atoms with Crippen molar-refractivity contribution in [2.45, 2.75) is 10.9 Å². The van der Waals surface area contributed by atoms with Crippen molar-refractivity contribution >= 4 is 39.6 Å².